The molecule has 0 spiro atoms. The highest BCUT2D eigenvalue weighted by Crippen LogP contribution is 2.33. The number of allylic oxidation sites excluding steroid dienone is 1. The Labute approximate surface area is 107 Å². The van der Waals surface area contributed by atoms with Gasteiger partial charge in [0.05, 0.1) is 0 Å². The number of carbonyl (C=O) groups is 2. The highest BCUT2D eigenvalue weighted by Gasteiger charge is 2.32. The fourth-order valence-corrected chi connectivity index (χ4v) is 3.23. The van der Waals surface area contributed by atoms with E-state index in [2.05, 4.69) is 15.5 Å². The zero-order valence-corrected chi connectivity index (χ0v) is 10.5. The highest BCUT2D eigenvalue weighted by molar-refractivity contribution is 6.04. The van der Waals surface area contributed by atoms with Gasteiger partial charge in [-0.3, -0.25) is 10.1 Å². The summed E-state index contributed by atoms with van der Waals surface area (Å²) in [6.07, 6.45) is 6.63. The molecule has 3 rings (SSSR count). The standard InChI is InChI=1S/C13H19N3O2/c17-12-10(14-13(18)15-12)8-9-4-3-5-11(9)16-6-1-2-7-16/h10H,1-8H2,(H2,14,15,17,18). The zero-order chi connectivity index (χ0) is 12.5. The van der Waals surface area contributed by atoms with Gasteiger partial charge in [0.25, 0.3) is 5.91 Å². The number of imide groups is 1. The molecule has 1 aliphatic carbocycles. The Hall–Kier alpha value is -1.52. The molecule has 0 aromatic rings. The molecular weight excluding hydrogens is 230 g/mol. The van der Waals surface area contributed by atoms with E-state index in [4.69, 9.17) is 0 Å². The molecule has 5 nitrogen and oxygen atoms in total. The predicted octanol–water partition coefficient (Wildman–Crippen LogP) is 1.12. The number of rotatable bonds is 3. The minimum atomic E-state index is -0.358. The lowest BCUT2D eigenvalue weighted by Gasteiger charge is -2.22. The van der Waals surface area contributed by atoms with Crippen LogP contribution in [0.3, 0.4) is 0 Å². The van der Waals surface area contributed by atoms with Gasteiger partial charge in [0.15, 0.2) is 0 Å². The van der Waals surface area contributed by atoms with E-state index < -0.39 is 0 Å². The lowest BCUT2D eigenvalue weighted by atomic mass is 10.0. The van der Waals surface area contributed by atoms with Crippen LogP contribution in [0.15, 0.2) is 11.3 Å². The fourth-order valence-electron chi connectivity index (χ4n) is 3.23. The first-order valence-corrected chi connectivity index (χ1v) is 6.81. The van der Waals surface area contributed by atoms with E-state index in [9.17, 15) is 9.59 Å². The summed E-state index contributed by atoms with van der Waals surface area (Å²) >= 11 is 0. The van der Waals surface area contributed by atoms with E-state index in [0.29, 0.717) is 6.42 Å². The third-order valence-electron chi connectivity index (χ3n) is 4.10. The largest absolute Gasteiger partial charge is 0.375 e. The molecule has 3 aliphatic rings. The molecule has 3 amide bonds. The fraction of sp³-hybridized carbons (Fsp3) is 0.692. The van der Waals surface area contributed by atoms with Crippen molar-refractivity contribution in [2.75, 3.05) is 13.1 Å². The SMILES string of the molecule is O=C1NC(=O)C(CC2=C(N3CCCC3)CCC2)N1. The third kappa shape index (κ3) is 2.09. The van der Waals surface area contributed by atoms with Gasteiger partial charge in [0, 0.05) is 18.8 Å². The van der Waals surface area contributed by atoms with Gasteiger partial charge in [-0.25, -0.2) is 4.79 Å². The van der Waals surface area contributed by atoms with Crippen molar-refractivity contribution in [3.05, 3.63) is 11.3 Å². The van der Waals surface area contributed by atoms with Crippen LogP contribution in [0.1, 0.15) is 38.5 Å². The number of nitrogens with zero attached hydrogens (tertiary/aromatic N) is 1. The van der Waals surface area contributed by atoms with Gasteiger partial charge in [-0.05, 0) is 44.1 Å². The van der Waals surface area contributed by atoms with Crippen LogP contribution in [-0.2, 0) is 4.79 Å². The van der Waals surface area contributed by atoms with Crippen LogP contribution in [-0.4, -0.2) is 36.0 Å². The number of amides is 3. The summed E-state index contributed by atoms with van der Waals surface area (Å²) in [4.78, 5) is 25.1. The summed E-state index contributed by atoms with van der Waals surface area (Å²) in [5.41, 5.74) is 2.82. The summed E-state index contributed by atoms with van der Waals surface area (Å²) < 4.78 is 0. The summed E-state index contributed by atoms with van der Waals surface area (Å²) in [6.45, 7) is 2.31. The Morgan fingerprint density at radius 1 is 1.11 bits per heavy atom. The van der Waals surface area contributed by atoms with Crippen LogP contribution in [0, 0.1) is 0 Å². The molecule has 2 heterocycles. The molecule has 2 fully saturated rings. The van der Waals surface area contributed by atoms with Crippen LogP contribution >= 0.6 is 0 Å². The second-order valence-electron chi connectivity index (χ2n) is 5.32. The topological polar surface area (TPSA) is 61.4 Å². The second-order valence-corrected chi connectivity index (χ2v) is 5.32. The number of carbonyl (C=O) groups excluding carboxylic acids is 2. The van der Waals surface area contributed by atoms with E-state index in [1.54, 1.807) is 0 Å². The number of nitrogens with one attached hydrogen (secondary N) is 2. The molecule has 0 saturated carbocycles. The first-order valence-electron chi connectivity index (χ1n) is 6.81. The van der Waals surface area contributed by atoms with Crippen molar-refractivity contribution in [3.8, 4) is 0 Å². The van der Waals surface area contributed by atoms with E-state index in [1.165, 1.54) is 30.5 Å². The molecule has 98 valence electrons. The van der Waals surface area contributed by atoms with Gasteiger partial charge in [-0.15, -0.1) is 0 Å². The van der Waals surface area contributed by atoms with E-state index in [-0.39, 0.29) is 18.0 Å². The average Bonchev–Trinajstić information content (AvgIpc) is 3.01. The number of likely N-dealkylation sites (tertiary alicyclic amines) is 1. The maximum Gasteiger partial charge on any atom is 0.322 e. The van der Waals surface area contributed by atoms with Crippen LogP contribution in [0.4, 0.5) is 4.79 Å². The van der Waals surface area contributed by atoms with Crippen molar-refractivity contribution in [2.24, 2.45) is 0 Å². The lowest BCUT2D eigenvalue weighted by Crippen LogP contribution is -2.30. The molecule has 18 heavy (non-hydrogen) atoms. The summed E-state index contributed by atoms with van der Waals surface area (Å²) in [7, 11) is 0. The van der Waals surface area contributed by atoms with Crippen LogP contribution in [0.5, 0.6) is 0 Å². The molecule has 0 aromatic carbocycles. The molecule has 0 aromatic heterocycles. The molecular formula is C13H19N3O2. The lowest BCUT2D eigenvalue weighted by molar-refractivity contribution is -0.120. The Balaban J connectivity index is 1.72. The number of hydrogen-bond acceptors (Lipinski definition) is 3. The molecule has 1 atom stereocenters. The van der Waals surface area contributed by atoms with Gasteiger partial charge >= 0.3 is 6.03 Å². The van der Waals surface area contributed by atoms with Crippen molar-refractivity contribution in [3.63, 3.8) is 0 Å². The molecule has 0 bridgehead atoms. The maximum absolute atomic E-state index is 11.6. The van der Waals surface area contributed by atoms with Gasteiger partial charge < -0.3 is 10.2 Å². The van der Waals surface area contributed by atoms with Crippen LogP contribution in [0.25, 0.3) is 0 Å². The summed E-state index contributed by atoms with van der Waals surface area (Å²) in [6, 6.07) is -0.713. The molecule has 5 heteroatoms. The Kier molecular flexibility index (Phi) is 2.97. The number of urea groups is 1. The number of hydrogen-bond donors (Lipinski definition) is 2. The quantitative estimate of drug-likeness (QED) is 0.737. The Bertz CT molecular complexity index is 410. The summed E-state index contributed by atoms with van der Waals surface area (Å²) in [5, 5.41) is 4.99. The van der Waals surface area contributed by atoms with Gasteiger partial charge in [-0.2, -0.15) is 0 Å². The van der Waals surface area contributed by atoms with Crippen molar-refractivity contribution in [1.29, 1.82) is 0 Å². The van der Waals surface area contributed by atoms with E-state index in [0.717, 1.165) is 25.9 Å². The minimum absolute atomic E-state index is 0.180. The molecule has 2 N–H and O–H groups in total. The van der Waals surface area contributed by atoms with Crippen molar-refractivity contribution in [2.45, 2.75) is 44.6 Å². The minimum Gasteiger partial charge on any atom is -0.375 e. The van der Waals surface area contributed by atoms with Crippen LogP contribution in [0.2, 0.25) is 0 Å². The Morgan fingerprint density at radius 2 is 1.89 bits per heavy atom. The summed E-state index contributed by atoms with van der Waals surface area (Å²) in [5.74, 6) is -0.180. The normalized spacial score (nSPS) is 28.0. The second kappa shape index (κ2) is 4.63. The van der Waals surface area contributed by atoms with Crippen molar-refractivity contribution in [1.82, 2.24) is 15.5 Å². The zero-order valence-electron chi connectivity index (χ0n) is 10.5. The Morgan fingerprint density at radius 3 is 2.56 bits per heavy atom. The third-order valence-corrected chi connectivity index (χ3v) is 4.10. The first kappa shape index (κ1) is 11.6. The van der Waals surface area contributed by atoms with Crippen molar-refractivity contribution < 1.29 is 9.59 Å². The van der Waals surface area contributed by atoms with Gasteiger partial charge in [-0.1, -0.05) is 0 Å². The molecule has 1 unspecified atom stereocenters. The predicted molar refractivity (Wildman–Crippen MR) is 66.8 cm³/mol. The monoisotopic (exact) mass is 249 g/mol. The van der Waals surface area contributed by atoms with E-state index in [1.807, 2.05) is 0 Å². The van der Waals surface area contributed by atoms with E-state index >= 15 is 0 Å². The average molecular weight is 249 g/mol. The van der Waals surface area contributed by atoms with Gasteiger partial charge in [0.2, 0.25) is 0 Å². The van der Waals surface area contributed by atoms with Gasteiger partial charge in [0.1, 0.15) is 6.04 Å². The first-order chi connectivity index (χ1) is 8.74. The molecule has 2 aliphatic heterocycles. The van der Waals surface area contributed by atoms with Crippen LogP contribution < -0.4 is 10.6 Å². The molecule has 2 saturated heterocycles. The molecule has 0 radical (unpaired) electrons. The highest BCUT2D eigenvalue weighted by atomic mass is 16.2. The van der Waals surface area contributed by atoms with Crippen molar-refractivity contribution >= 4 is 11.9 Å². The maximum atomic E-state index is 11.6. The smallest absolute Gasteiger partial charge is 0.322 e.